The highest BCUT2D eigenvalue weighted by molar-refractivity contribution is 5.95. The molecule has 3 rings (SSSR count). The Morgan fingerprint density at radius 1 is 1.23 bits per heavy atom. The number of aryl methyl sites for hydroxylation is 1. The molecule has 0 spiro atoms. The van der Waals surface area contributed by atoms with Crippen molar-refractivity contribution < 1.29 is 14.3 Å². The lowest BCUT2D eigenvalue weighted by molar-refractivity contribution is 0.0661. The van der Waals surface area contributed by atoms with E-state index in [0.717, 1.165) is 50.0 Å². The van der Waals surface area contributed by atoms with Gasteiger partial charge >= 0.3 is 0 Å². The average Bonchev–Trinajstić information content (AvgIpc) is 3.46. The molecule has 1 amide bonds. The molecule has 0 bridgehead atoms. The van der Waals surface area contributed by atoms with E-state index < -0.39 is 0 Å². The van der Waals surface area contributed by atoms with Gasteiger partial charge in [0.15, 0.2) is 0 Å². The fourth-order valence-corrected chi connectivity index (χ4v) is 4.07. The number of nitrogens with zero attached hydrogens (tertiary/aromatic N) is 1. The monoisotopic (exact) mass is 417 g/mol. The zero-order valence-corrected chi connectivity index (χ0v) is 19.1. The van der Waals surface area contributed by atoms with Crippen LogP contribution in [0.2, 0.25) is 0 Å². The summed E-state index contributed by atoms with van der Waals surface area (Å²) >= 11 is 0. The molecule has 0 unspecified atom stereocenters. The van der Waals surface area contributed by atoms with E-state index in [1.54, 1.807) is 7.11 Å². The Morgan fingerprint density at radius 2 is 2.00 bits per heavy atom. The van der Waals surface area contributed by atoms with E-state index in [1.165, 1.54) is 12.8 Å². The molecule has 0 aromatic heterocycles. The van der Waals surface area contributed by atoms with Gasteiger partial charge in [0, 0.05) is 50.9 Å². The van der Waals surface area contributed by atoms with E-state index in [4.69, 9.17) is 9.47 Å². The molecular formula is C24H39N3O3. The van der Waals surface area contributed by atoms with Gasteiger partial charge < -0.3 is 25.0 Å². The number of ether oxygens (including phenoxy) is 2. The second-order valence-electron chi connectivity index (χ2n) is 9.09. The summed E-state index contributed by atoms with van der Waals surface area (Å²) in [5.41, 5.74) is 1.75. The Morgan fingerprint density at radius 3 is 2.70 bits per heavy atom. The number of hydrogen-bond donors (Lipinski definition) is 2. The smallest absolute Gasteiger partial charge is 0.254 e. The number of nitrogens with one attached hydrogen (secondary N) is 2. The van der Waals surface area contributed by atoms with E-state index >= 15 is 0 Å². The first-order valence-corrected chi connectivity index (χ1v) is 11.5. The molecule has 1 saturated carbocycles. The Kier molecular flexibility index (Phi) is 8.54. The van der Waals surface area contributed by atoms with Crippen LogP contribution in [0.3, 0.4) is 0 Å². The van der Waals surface area contributed by atoms with Crippen LogP contribution in [0.1, 0.15) is 49.0 Å². The maximum absolute atomic E-state index is 13.4. The van der Waals surface area contributed by atoms with Gasteiger partial charge in [-0.1, -0.05) is 6.07 Å². The standard InChI is InChI=1S/C24H39N3O3/c1-17(2)27(16-21-14-25-13-20(21)15-26-22-8-9-22)24(28)19-7-6-18(3)23(12-19)30-11-5-10-29-4/h6-7,12,17,20-22,25-26H,5,8-11,13-16H2,1-4H3/t20-,21+/m1/s1. The highest BCUT2D eigenvalue weighted by atomic mass is 16.5. The molecule has 1 saturated heterocycles. The van der Waals surface area contributed by atoms with Crippen molar-refractivity contribution in [2.45, 2.75) is 52.1 Å². The molecule has 6 heteroatoms. The van der Waals surface area contributed by atoms with Crippen LogP contribution in [-0.2, 0) is 4.74 Å². The van der Waals surface area contributed by atoms with Crippen LogP contribution >= 0.6 is 0 Å². The van der Waals surface area contributed by atoms with Crippen LogP contribution in [0.5, 0.6) is 5.75 Å². The van der Waals surface area contributed by atoms with Crippen molar-refractivity contribution in [1.82, 2.24) is 15.5 Å². The Labute approximate surface area is 181 Å². The van der Waals surface area contributed by atoms with Crippen LogP contribution in [-0.4, -0.2) is 69.4 Å². The van der Waals surface area contributed by atoms with Crippen molar-refractivity contribution in [3.8, 4) is 5.75 Å². The quantitative estimate of drug-likeness (QED) is 0.512. The molecule has 1 aliphatic carbocycles. The molecule has 2 fully saturated rings. The summed E-state index contributed by atoms with van der Waals surface area (Å²) in [6.45, 7) is 11.3. The minimum atomic E-state index is 0.0903. The molecule has 0 radical (unpaired) electrons. The van der Waals surface area contributed by atoms with Crippen molar-refractivity contribution >= 4 is 5.91 Å². The van der Waals surface area contributed by atoms with Gasteiger partial charge in [0.25, 0.3) is 5.91 Å². The minimum Gasteiger partial charge on any atom is -0.493 e. The highest BCUT2D eigenvalue weighted by Gasteiger charge is 2.32. The second kappa shape index (κ2) is 11.1. The molecule has 1 aliphatic heterocycles. The summed E-state index contributed by atoms with van der Waals surface area (Å²) in [6, 6.07) is 6.69. The first-order chi connectivity index (χ1) is 14.5. The van der Waals surface area contributed by atoms with Gasteiger partial charge in [-0.3, -0.25) is 4.79 Å². The molecule has 2 atom stereocenters. The van der Waals surface area contributed by atoms with Crippen molar-refractivity contribution in [3.63, 3.8) is 0 Å². The lowest BCUT2D eigenvalue weighted by Crippen LogP contribution is -2.43. The summed E-state index contributed by atoms with van der Waals surface area (Å²) in [5, 5.41) is 7.20. The van der Waals surface area contributed by atoms with Gasteiger partial charge in [-0.25, -0.2) is 0 Å². The number of methoxy groups -OCH3 is 1. The number of carbonyl (C=O) groups is 1. The molecular weight excluding hydrogens is 378 g/mol. The lowest BCUT2D eigenvalue weighted by atomic mass is 9.94. The van der Waals surface area contributed by atoms with E-state index in [9.17, 15) is 4.79 Å². The summed E-state index contributed by atoms with van der Waals surface area (Å²) < 4.78 is 11.0. The average molecular weight is 418 g/mol. The summed E-state index contributed by atoms with van der Waals surface area (Å²) in [6.07, 6.45) is 3.45. The van der Waals surface area contributed by atoms with Gasteiger partial charge in [0.2, 0.25) is 0 Å². The molecule has 30 heavy (non-hydrogen) atoms. The van der Waals surface area contributed by atoms with Crippen LogP contribution in [0, 0.1) is 18.8 Å². The number of benzene rings is 1. The molecule has 1 heterocycles. The number of rotatable bonds is 12. The number of amides is 1. The van der Waals surface area contributed by atoms with E-state index in [2.05, 4.69) is 24.5 Å². The van der Waals surface area contributed by atoms with E-state index in [0.29, 0.717) is 30.6 Å². The first kappa shape index (κ1) is 23.0. The van der Waals surface area contributed by atoms with E-state index in [1.807, 2.05) is 30.0 Å². The third kappa shape index (κ3) is 6.43. The van der Waals surface area contributed by atoms with Gasteiger partial charge in [-0.05, 0) is 76.2 Å². The zero-order valence-electron chi connectivity index (χ0n) is 19.1. The molecule has 2 aliphatic rings. The van der Waals surface area contributed by atoms with Gasteiger partial charge in [-0.2, -0.15) is 0 Å². The van der Waals surface area contributed by atoms with Crippen LogP contribution < -0.4 is 15.4 Å². The minimum absolute atomic E-state index is 0.0903. The van der Waals surface area contributed by atoms with Crippen LogP contribution in [0.25, 0.3) is 0 Å². The van der Waals surface area contributed by atoms with Crippen LogP contribution in [0.4, 0.5) is 0 Å². The Bertz CT molecular complexity index is 690. The molecule has 2 N–H and O–H groups in total. The maximum atomic E-state index is 13.4. The SMILES string of the molecule is COCCCOc1cc(C(=O)N(C[C@@H]2CNC[C@@H]2CNC2CC2)C(C)C)ccc1C. The first-order valence-electron chi connectivity index (χ1n) is 11.5. The number of carbonyl (C=O) groups excluding carboxylic acids is 1. The predicted octanol–water partition coefficient (Wildman–Crippen LogP) is 2.85. The van der Waals surface area contributed by atoms with Gasteiger partial charge in [-0.15, -0.1) is 0 Å². The summed E-state index contributed by atoms with van der Waals surface area (Å²) in [7, 11) is 1.69. The largest absolute Gasteiger partial charge is 0.493 e. The fourth-order valence-electron chi connectivity index (χ4n) is 4.07. The normalized spacial score (nSPS) is 21.2. The summed E-state index contributed by atoms with van der Waals surface area (Å²) in [5.74, 6) is 1.94. The molecule has 1 aromatic carbocycles. The molecule has 1 aromatic rings. The molecule has 168 valence electrons. The van der Waals surface area contributed by atoms with Crippen molar-refractivity contribution in [2.24, 2.45) is 11.8 Å². The lowest BCUT2D eigenvalue weighted by Gasteiger charge is -2.32. The third-order valence-electron chi connectivity index (χ3n) is 6.23. The van der Waals surface area contributed by atoms with E-state index in [-0.39, 0.29) is 11.9 Å². The Hall–Kier alpha value is -1.63. The van der Waals surface area contributed by atoms with Crippen molar-refractivity contribution in [1.29, 1.82) is 0 Å². The zero-order chi connectivity index (χ0) is 21.5. The van der Waals surface area contributed by atoms with Gasteiger partial charge in [0.05, 0.1) is 6.61 Å². The Balaban J connectivity index is 1.64. The highest BCUT2D eigenvalue weighted by Crippen LogP contribution is 2.25. The fraction of sp³-hybridized carbons (Fsp3) is 0.708. The molecule has 6 nitrogen and oxygen atoms in total. The van der Waals surface area contributed by atoms with Crippen molar-refractivity contribution in [3.05, 3.63) is 29.3 Å². The van der Waals surface area contributed by atoms with Crippen LogP contribution in [0.15, 0.2) is 18.2 Å². The summed E-state index contributed by atoms with van der Waals surface area (Å²) in [4.78, 5) is 15.4. The predicted molar refractivity (Wildman–Crippen MR) is 120 cm³/mol. The van der Waals surface area contributed by atoms with Crippen molar-refractivity contribution in [2.75, 3.05) is 46.5 Å². The third-order valence-corrected chi connectivity index (χ3v) is 6.23. The number of hydrogen-bond acceptors (Lipinski definition) is 5. The van der Waals surface area contributed by atoms with Gasteiger partial charge in [0.1, 0.15) is 5.75 Å². The maximum Gasteiger partial charge on any atom is 0.254 e. The second-order valence-corrected chi connectivity index (χ2v) is 9.09. The topological polar surface area (TPSA) is 62.8 Å².